The van der Waals surface area contributed by atoms with Crippen molar-refractivity contribution in [3.8, 4) is 0 Å². The molecule has 130 valence electrons. The molecule has 1 aromatic carbocycles. The van der Waals surface area contributed by atoms with Gasteiger partial charge in [0.1, 0.15) is 4.90 Å². The zero-order valence-corrected chi connectivity index (χ0v) is 14.3. The summed E-state index contributed by atoms with van der Waals surface area (Å²) in [5, 5.41) is 12.9. The summed E-state index contributed by atoms with van der Waals surface area (Å²) in [6, 6.07) is 10.2. The molecule has 24 heavy (non-hydrogen) atoms. The van der Waals surface area contributed by atoms with E-state index < -0.39 is 10.0 Å². The molecule has 1 aliphatic rings. The highest BCUT2D eigenvalue weighted by atomic mass is 32.2. The smallest absolute Gasteiger partial charge is 0.246 e. The van der Waals surface area contributed by atoms with Gasteiger partial charge in [0.2, 0.25) is 10.0 Å². The van der Waals surface area contributed by atoms with E-state index in [0.29, 0.717) is 32.7 Å². The third kappa shape index (κ3) is 3.84. The maximum absolute atomic E-state index is 12.7. The Bertz CT molecular complexity index is 753. The number of benzene rings is 1. The SMILES string of the molecule is O=S(=O)(c1cnn(CCO)c1)N1CCN(Cc2ccccc2)CC1. The first-order valence-corrected chi connectivity index (χ1v) is 9.43. The fourth-order valence-corrected chi connectivity index (χ4v) is 4.20. The number of hydrogen-bond acceptors (Lipinski definition) is 5. The Morgan fingerprint density at radius 2 is 1.79 bits per heavy atom. The number of sulfonamides is 1. The minimum absolute atomic E-state index is 0.0701. The van der Waals surface area contributed by atoms with Gasteiger partial charge < -0.3 is 5.11 Å². The van der Waals surface area contributed by atoms with Gasteiger partial charge in [-0.3, -0.25) is 9.58 Å². The molecule has 0 amide bonds. The quantitative estimate of drug-likeness (QED) is 0.815. The number of nitrogens with zero attached hydrogens (tertiary/aromatic N) is 4. The van der Waals surface area contributed by atoms with Crippen molar-refractivity contribution in [2.75, 3.05) is 32.8 Å². The van der Waals surface area contributed by atoms with Gasteiger partial charge in [-0.25, -0.2) is 8.42 Å². The lowest BCUT2D eigenvalue weighted by Crippen LogP contribution is -2.48. The average Bonchev–Trinajstić information content (AvgIpc) is 3.06. The van der Waals surface area contributed by atoms with Gasteiger partial charge in [-0.05, 0) is 5.56 Å². The average molecular weight is 350 g/mol. The van der Waals surface area contributed by atoms with Crippen LogP contribution in [0.3, 0.4) is 0 Å². The largest absolute Gasteiger partial charge is 0.394 e. The Morgan fingerprint density at radius 1 is 1.08 bits per heavy atom. The van der Waals surface area contributed by atoms with Gasteiger partial charge in [-0.2, -0.15) is 9.40 Å². The van der Waals surface area contributed by atoms with E-state index in [4.69, 9.17) is 5.11 Å². The van der Waals surface area contributed by atoms with E-state index in [0.717, 1.165) is 6.54 Å². The maximum atomic E-state index is 12.7. The van der Waals surface area contributed by atoms with E-state index in [1.165, 1.54) is 26.9 Å². The Balaban J connectivity index is 1.60. The van der Waals surface area contributed by atoms with Crippen molar-refractivity contribution in [1.82, 2.24) is 19.0 Å². The van der Waals surface area contributed by atoms with Crippen molar-refractivity contribution in [3.05, 3.63) is 48.3 Å². The van der Waals surface area contributed by atoms with Crippen LogP contribution in [-0.4, -0.2) is 65.3 Å². The lowest BCUT2D eigenvalue weighted by atomic mass is 10.2. The van der Waals surface area contributed by atoms with Gasteiger partial charge >= 0.3 is 0 Å². The summed E-state index contributed by atoms with van der Waals surface area (Å²) in [4.78, 5) is 2.45. The Morgan fingerprint density at radius 3 is 2.46 bits per heavy atom. The summed E-state index contributed by atoms with van der Waals surface area (Å²) in [6.07, 6.45) is 2.82. The van der Waals surface area contributed by atoms with Crippen LogP contribution < -0.4 is 0 Å². The summed E-state index contributed by atoms with van der Waals surface area (Å²) in [7, 11) is -3.51. The second-order valence-corrected chi connectivity index (χ2v) is 7.77. The fourth-order valence-electron chi connectivity index (χ4n) is 2.82. The van der Waals surface area contributed by atoms with E-state index >= 15 is 0 Å². The van der Waals surface area contributed by atoms with Gasteiger partial charge in [0.25, 0.3) is 0 Å². The molecule has 0 radical (unpaired) electrons. The molecule has 1 saturated heterocycles. The molecule has 7 nitrogen and oxygen atoms in total. The molecule has 1 N–H and O–H groups in total. The first-order valence-electron chi connectivity index (χ1n) is 7.99. The number of aliphatic hydroxyl groups excluding tert-OH is 1. The summed E-state index contributed by atoms with van der Waals surface area (Å²) in [6.45, 7) is 3.42. The topological polar surface area (TPSA) is 78.7 Å². The predicted octanol–water partition coefficient (Wildman–Crippen LogP) is 0.382. The van der Waals surface area contributed by atoms with Crippen molar-refractivity contribution in [2.45, 2.75) is 18.0 Å². The second-order valence-electron chi connectivity index (χ2n) is 5.83. The molecule has 8 heteroatoms. The monoisotopic (exact) mass is 350 g/mol. The Hall–Kier alpha value is -1.74. The van der Waals surface area contributed by atoms with Crippen molar-refractivity contribution >= 4 is 10.0 Å². The highest BCUT2D eigenvalue weighted by Gasteiger charge is 2.29. The number of aromatic nitrogens is 2. The van der Waals surface area contributed by atoms with Crippen molar-refractivity contribution in [3.63, 3.8) is 0 Å². The number of rotatable bonds is 6. The van der Waals surface area contributed by atoms with Crippen molar-refractivity contribution in [2.24, 2.45) is 0 Å². The van der Waals surface area contributed by atoms with Gasteiger partial charge in [-0.1, -0.05) is 30.3 Å². The zero-order valence-electron chi connectivity index (χ0n) is 13.5. The van der Waals surface area contributed by atoms with Crippen LogP contribution in [0.15, 0.2) is 47.6 Å². The number of aliphatic hydroxyl groups is 1. The normalized spacial score (nSPS) is 17.2. The van der Waals surface area contributed by atoms with Crippen LogP contribution >= 0.6 is 0 Å². The number of hydrogen-bond donors (Lipinski definition) is 1. The van der Waals surface area contributed by atoms with Crippen LogP contribution in [0, 0.1) is 0 Å². The summed E-state index contributed by atoms with van der Waals surface area (Å²) in [5.74, 6) is 0. The Labute approximate surface area is 142 Å². The van der Waals surface area contributed by atoms with Crippen LogP contribution in [0.5, 0.6) is 0 Å². The molecular formula is C16H22N4O3S. The molecule has 0 bridgehead atoms. The van der Waals surface area contributed by atoms with Crippen LogP contribution in [0.25, 0.3) is 0 Å². The van der Waals surface area contributed by atoms with Crippen LogP contribution in [0.2, 0.25) is 0 Å². The lowest BCUT2D eigenvalue weighted by Gasteiger charge is -2.33. The molecule has 1 fully saturated rings. The molecule has 0 spiro atoms. The van der Waals surface area contributed by atoms with Crippen LogP contribution in [0.1, 0.15) is 5.56 Å². The molecule has 2 heterocycles. The standard InChI is InChI=1S/C16H22N4O3S/c21-11-10-19-14-16(12-17-19)24(22,23)20-8-6-18(7-9-20)13-15-4-2-1-3-5-15/h1-5,12,14,21H,6-11,13H2. The highest BCUT2D eigenvalue weighted by molar-refractivity contribution is 7.89. The third-order valence-electron chi connectivity index (χ3n) is 4.16. The molecule has 0 atom stereocenters. The first-order chi connectivity index (χ1) is 11.6. The zero-order chi connectivity index (χ0) is 17.0. The molecule has 0 saturated carbocycles. The predicted molar refractivity (Wildman–Crippen MR) is 89.8 cm³/mol. The summed E-state index contributed by atoms with van der Waals surface area (Å²) >= 11 is 0. The fraction of sp³-hybridized carbons (Fsp3) is 0.438. The molecule has 0 unspecified atom stereocenters. The van der Waals surface area contributed by atoms with Crippen LogP contribution in [0.4, 0.5) is 0 Å². The van der Waals surface area contributed by atoms with Gasteiger partial charge in [0.05, 0.1) is 19.3 Å². The maximum Gasteiger partial charge on any atom is 0.246 e. The van der Waals surface area contributed by atoms with E-state index in [2.05, 4.69) is 22.1 Å². The van der Waals surface area contributed by atoms with E-state index in [9.17, 15) is 8.42 Å². The third-order valence-corrected chi connectivity index (χ3v) is 6.01. The van der Waals surface area contributed by atoms with E-state index in [1.54, 1.807) is 0 Å². The minimum Gasteiger partial charge on any atom is -0.394 e. The molecule has 0 aliphatic carbocycles. The minimum atomic E-state index is -3.51. The second kappa shape index (κ2) is 7.43. The van der Waals surface area contributed by atoms with Gasteiger partial charge in [0, 0.05) is 38.9 Å². The molecule has 2 aromatic rings. The number of piperazine rings is 1. The molecule has 3 rings (SSSR count). The van der Waals surface area contributed by atoms with Gasteiger partial charge in [0.15, 0.2) is 0 Å². The lowest BCUT2D eigenvalue weighted by molar-refractivity contribution is 0.181. The highest BCUT2D eigenvalue weighted by Crippen LogP contribution is 2.18. The Kier molecular flexibility index (Phi) is 5.30. The van der Waals surface area contributed by atoms with Gasteiger partial charge in [-0.15, -0.1) is 0 Å². The molecular weight excluding hydrogens is 328 g/mol. The summed E-state index contributed by atoms with van der Waals surface area (Å²) in [5.41, 5.74) is 1.24. The van der Waals surface area contributed by atoms with Crippen molar-refractivity contribution in [1.29, 1.82) is 0 Å². The van der Waals surface area contributed by atoms with Crippen LogP contribution in [-0.2, 0) is 23.1 Å². The summed E-state index contributed by atoms with van der Waals surface area (Å²) < 4.78 is 28.3. The van der Waals surface area contributed by atoms with E-state index in [1.807, 2.05) is 18.2 Å². The molecule has 1 aromatic heterocycles. The molecule has 1 aliphatic heterocycles. The van der Waals surface area contributed by atoms with Crippen molar-refractivity contribution < 1.29 is 13.5 Å². The first kappa shape index (κ1) is 17.1. The van der Waals surface area contributed by atoms with E-state index in [-0.39, 0.29) is 11.5 Å².